The molecule has 2 N–H and O–H groups in total. The highest BCUT2D eigenvalue weighted by atomic mass is 32.1. The lowest BCUT2D eigenvalue weighted by Crippen LogP contribution is -2.28. The highest BCUT2D eigenvalue weighted by Crippen LogP contribution is 2.30. The van der Waals surface area contributed by atoms with Crippen molar-refractivity contribution in [2.75, 3.05) is 18.0 Å². The molecule has 4 nitrogen and oxygen atoms in total. The molecule has 5 heteroatoms. The first-order chi connectivity index (χ1) is 8.61. The van der Waals surface area contributed by atoms with Crippen molar-refractivity contribution in [1.82, 2.24) is 4.37 Å². The van der Waals surface area contributed by atoms with Gasteiger partial charge in [0.05, 0.1) is 4.70 Å². The van der Waals surface area contributed by atoms with Crippen LogP contribution in [0.3, 0.4) is 0 Å². The van der Waals surface area contributed by atoms with Gasteiger partial charge in [-0.2, -0.15) is 4.37 Å². The van der Waals surface area contributed by atoms with Gasteiger partial charge in [-0.3, -0.25) is 4.79 Å². The number of amides is 1. The molecule has 0 unspecified atom stereocenters. The number of anilines is 1. The number of aromatic nitrogens is 1. The Morgan fingerprint density at radius 1 is 1.50 bits per heavy atom. The standard InChI is InChI=1S/C13H17N3OS/c1-3-16(7-6-12(14)17)13-10-8-9(2)4-5-11(10)18-15-13/h4-5,8H,3,6-7H2,1-2H3,(H2,14,17). The maximum Gasteiger partial charge on any atom is 0.219 e. The van der Waals surface area contributed by atoms with Crippen molar-refractivity contribution < 1.29 is 4.79 Å². The van der Waals surface area contributed by atoms with Crippen molar-refractivity contribution in [3.8, 4) is 0 Å². The third-order valence-electron chi connectivity index (χ3n) is 2.92. The minimum Gasteiger partial charge on any atom is -0.370 e. The molecule has 96 valence electrons. The predicted octanol–water partition coefficient (Wildman–Crippen LogP) is 2.31. The van der Waals surface area contributed by atoms with E-state index in [4.69, 9.17) is 5.73 Å². The number of primary amides is 1. The van der Waals surface area contributed by atoms with Crippen molar-refractivity contribution in [2.24, 2.45) is 5.73 Å². The van der Waals surface area contributed by atoms with Crippen LogP contribution in [0.1, 0.15) is 18.9 Å². The van der Waals surface area contributed by atoms with Crippen molar-refractivity contribution in [2.45, 2.75) is 20.3 Å². The molecule has 1 heterocycles. The summed E-state index contributed by atoms with van der Waals surface area (Å²) in [7, 11) is 0. The van der Waals surface area contributed by atoms with E-state index in [1.54, 1.807) is 0 Å². The molecule has 0 spiro atoms. The predicted molar refractivity (Wildman–Crippen MR) is 76.1 cm³/mol. The largest absolute Gasteiger partial charge is 0.370 e. The Bertz CT molecular complexity index is 564. The number of carbonyl (C=O) groups excluding carboxylic acids is 1. The van der Waals surface area contributed by atoms with Crippen LogP contribution in [0.4, 0.5) is 5.82 Å². The molecule has 2 aromatic rings. The molecule has 2 rings (SSSR count). The second kappa shape index (κ2) is 5.35. The number of hydrogen-bond acceptors (Lipinski definition) is 4. The number of carbonyl (C=O) groups is 1. The van der Waals surface area contributed by atoms with E-state index in [2.05, 4.69) is 41.3 Å². The minimum absolute atomic E-state index is 0.274. The molecule has 0 radical (unpaired) electrons. The molecule has 0 aliphatic carbocycles. The molecule has 1 amide bonds. The first kappa shape index (κ1) is 12.8. The molecular weight excluding hydrogens is 246 g/mol. The van der Waals surface area contributed by atoms with Gasteiger partial charge < -0.3 is 10.6 Å². The second-order valence-corrected chi connectivity index (χ2v) is 5.11. The molecule has 0 saturated carbocycles. The lowest BCUT2D eigenvalue weighted by Gasteiger charge is -2.20. The van der Waals surface area contributed by atoms with Gasteiger partial charge in [0, 0.05) is 24.9 Å². The summed E-state index contributed by atoms with van der Waals surface area (Å²) in [4.78, 5) is 13.0. The molecule has 0 atom stereocenters. The Kier molecular flexibility index (Phi) is 3.81. The summed E-state index contributed by atoms with van der Waals surface area (Å²) in [5, 5.41) is 1.16. The van der Waals surface area contributed by atoms with Gasteiger partial charge in [-0.15, -0.1) is 0 Å². The number of fused-ring (bicyclic) bond motifs is 1. The van der Waals surface area contributed by atoms with Crippen molar-refractivity contribution in [1.29, 1.82) is 0 Å². The van der Waals surface area contributed by atoms with Gasteiger partial charge in [-0.1, -0.05) is 11.6 Å². The number of rotatable bonds is 5. The molecule has 0 bridgehead atoms. The van der Waals surface area contributed by atoms with Gasteiger partial charge in [-0.05, 0) is 37.5 Å². The third kappa shape index (κ3) is 2.61. The first-order valence-corrected chi connectivity index (χ1v) is 6.78. The summed E-state index contributed by atoms with van der Waals surface area (Å²) in [6.45, 7) is 5.57. The Balaban J connectivity index is 2.32. The molecule has 0 aliphatic heterocycles. The van der Waals surface area contributed by atoms with Gasteiger partial charge in [0.15, 0.2) is 0 Å². The van der Waals surface area contributed by atoms with E-state index in [1.165, 1.54) is 21.8 Å². The molecule has 0 fully saturated rings. The minimum atomic E-state index is -0.274. The topological polar surface area (TPSA) is 59.2 Å². The summed E-state index contributed by atoms with van der Waals surface area (Å²) in [6, 6.07) is 6.32. The smallest absolute Gasteiger partial charge is 0.219 e. The molecule has 0 aliphatic rings. The zero-order valence-electron chi connectivity index (χ0n) is 10.6. The highest BCUT2D eigenvalue weighted by Gasteiger charge is 2.13. The monoisotopic (exact) mass is 263 g/mol. The van der Waals surface area contributed by atoms with Crippen LogP contribution in [-0.4, -0.2) is 23.4 Å². The summed E-state index contributed by atoms with van der Waals surface area (Å²) in [6.07, 6.45) is 0.360. The van der Waals surface area contributed by atoms with Crippen LogP contribution in [0.5, 0.6) is 0 Å². The van der Waals surface area contributed by atoms with E-state index in [1.807, 2.05) is 0 Å². The lowest BCUT2D eigenvalue weighted by atomic mass is 10.2. The second-order valence-electron chi connectivity index (χ2n) is 4.30. The number of hydrogen-bond donors (Lipinski definition) is 1. The summed E-state index contributed by atoms with van der Waals surface area (Å²) >= 11 is 1.49. The van der Waals surface area contributed by atoms with Crippen molar-refractivity contribution >= 4 is 33.3 Å². The van der Waals surface area contributed by atoms with E-state index in [0.29, 0.717) is 13.0 Å². The fourth-order valence-electron chi connectivity index (χ4n) is 1.93. The molecule has 0 saturated heterocycles. The van der Waals surface area contributed by atoms with Gasteiger partial charge in [-0.25, -0.2) is 0 Å². The third-order valence-corrected chi connectivity index (χ3v) is 3.73. The Hall–Kier alpha value is -1.62. The van der Waals surface area contributed by atoms with E-state index in [9.17, 15) is 4.79 Å². The number of aryl methyl sites for hydroxylation is 1. The zero-order chi connectivity index (χ0) is 13.1. The van der Waals surface area contributed by atoms with E-state index in [0.717, 1.165) is 17.7 Å². The quantitative estimate of drug-likeness (QED) is 0.900. The summed E-state index contributed by atoms with van der Waals surface area (Å²) < 4.78 is 5.68. The SMILES string of the molecule is CCN(CCC(N)=O)c1nsc2ccc(C)cc12. The Labute approximate surface area is 111 Å². The number of benzene rings is 1. The van der Waals surface area contributed by atoms with Gasteiger partial charge in [0.25, 0.3) is 0 Å². The summed E-state index contributed by atoms with van der Waals surface area (Å²) in [5.74, 6) is 0.687. The van der Waals surface area contributed by atoms with E-state index < -0.39 is 0 Å². The van der Waals surface area contributed by atoms with Crippen LogP contribution in [0.15, 0.2) is 18.2 Å². The van der Waals surface area contributed by atoms with Crippen molar-refractivity contribution in [3.63, 3.8) is 0 Å². The van der Waals surface area contributed by atoms with Crippen LogP contribution in [-0.2, 0) is 4.79 Å². The van der Waals surface area contributed by atoms with Crippen LogP contribution in [0.25, 0.3) is 10.1 Å². The maximum absolute atomic E-state index is 10.9. The summed E-state index contributed by atoms with van der Waals surface area (Å²) in [5.41, 5.74) is 6.42. The Morgan fingerprint density at radius 3 is 2.94 bits per heavy atom. The Morgan fingerprint density at radius 2 is 2.28 bits per heavy atom. The highest BCUT2D eigenvalue weighted by molar-refractivity contribution is 7.13. The fraction of sp³-hybridized carbons (Fsp3) is 0.385. The molecular formula is C13H17N3OS. The normalized spacial score (nSPS) is 10.8. The van der Waals surface area contributed by atoms with Gasteiger partial charge >= 0.3 is 0 Å². The first-order valence-electron chi connectivity index (χ1n) is 6.01. The van der Waals surface area contributed by atoms with Crippen LogP contribution < -0.4 is 10.6 Å². The maximum atomic E-state index is 10.9. The van der Waals surface area contributed by atoms with Crippen LogP contribution in [0.2, 0.25) is 0 Å². The van der Waals surface area contributed by atoms with Crippen molar-refractivity contribution in [3.05, 3.63) is 23.8 Å². The molecule has 1 aromatic heterocycles. The van der Waals surface area contributed by atoms with Gasteiger partial charge in [0.1, 0.15) is 5.82 Å². The average molecular weight is 263 g/mol. The lowest BCUT2D eigenvalue weighted by molar-refractivity contribution is -0.117. The van der Waals surface area contributed by atoms with Gasteiger partial charge in [0.2, 0.25) is 5.91 Å². The number of nitrogens with zero attached hydrogens (tertiary/aromatic N) is 2. The van der Waals surface area contributed by atoms with Crippen LogP contribution in [0, 0.1) is 6.92 Å². The fourth-order valence-corrected chi connectivity index (χ4v) is 2.70. The average Bonchev–Trinajstić information content (AvgIpc) is 2.73. The van der Waals surface area contributed by atoms with E-state index in [-0.39, 0.29) is 5.91 Å². The van der Waals surface area contributed by atoms with Crippen LogP contribution >= 0.6 is 11.5 Å². The molecule has 18 heavy (non-hydrogen) atoms. The number of nitrogens with two attached hydrogens (primary N) is 1. The van der Waals surface area contributed by atoms with E-state index >= 15 is 0 Å². The zero-order valence-corrected chi connectivity index (χ0v) is 11.5. The molecule has 1 aromatic carbocycles.